The summed E-state index contributed by atoms with van der Waals surface area (Å²) in [6.45, 7) is 1.24. The minimum Gasteiger partial charge on any atom is -0.316 e. The Balaban J connectivity index is 2.05. The first-order chi connectivity index (χ1) is 9.03. The second-order valence-corrected chi connectivity index (χ2v) is 7.51. The van der Waals surface area contributed by atoms with Crippen molar-refractivity contribution in [1.29, 1.82) is 0 Å². The highest BCUT2D eigenvalue weighted by atomic mass is 79.9. The van der Waals surface area contributed by atoms with E-state index < -0.39 is 10.0 Å². The predicted molar refractivity (Wildman–Crippen MR) is 79.4 cm³/mol. The maximum Gasteiger partial charge on any atom is 0.241 e. The van der Waals surface area contributed by atoms with E-state index in [4.69, 9.17) is 0 Å². The lowest BCUT2D eigenvalue weighted by Gasteiger charge is -2.09. The molecule has 19 heavy (non-hydrogen) atoms. The Morgan fingerprint density at radius 1 is 1.37 bits per heavy atom. The second kappa shape index (κ2) is 6.35. The Kier molecular flexibility index (Phi) is 5.00. The highest BCUT2D eigenvalue weighted by Crippen LogP contribution is 2.32. The van der Waals surface area contributed by atoms with Crippen LogP contribution in [0.25, 0.3) is 0 Å². The van der Waals surface area contributed by atoms with Gasteiger partial charge in [-0.05, 0) is 53.0 Å². The summed E-state index contributed by atoms with van der Waals surface area (Å²) < 4.78 is 27.6. The Morgan fingerprint density at radius 2 is 2.11 bits per heavy atom. The summed E-state index contributed by atoms with van der Waals surface area (Å²) in [4.78, 5) is 0.308. The van der Waals surface area contributed by atoms with Gasteiger partial charge in [0.05, 0.1) is 4.90 Å². The number of sulfonamides is 1. The molecule has 1 aromatic rings. The van der Waals surface area contributed by atoms with E-state index >= 15 is 0 Å². The maximum absolute atomic E-state index is 12.2. The summed E-state index contributed by atoms with van der Waals surface area (Å²) in [6.07, 6.45) is 3.42. The van der Waals surface area contributed by atoms with Crippen molar-refractivity contribution in [2.45, 2.75) is 30.7 Å². The fourth-order valence-corrected chi connectivity index (χ4v) is 4.13. The van der Waals surface area contributed by atoms with Crippen LogP contribution in [0.3, 0.4) is 0 Å². The molecule has 2 rings (SSSR count). The highest BCUT2D eigenvalue weighted by Gasteiger charge is 2.23. The molecule has 1 aromatic carbocycles. The van der Waals surface area contributed by atoms with E-state index in [0.29, 0.717) is 22.5 Å². The van der Waals surface area contributed by atoms with Crippen molar-refractivity contribution >= 4 is 26.0 Å². The van der Waals surface area contributed by atoms with Gasteiger partial charge in [-0.2, -0.15) is 0 Å². The van der Waals surface area contributed by atoms with E-state index in [1.807, 2.05) is 19.2 Å². The van der Waals surface area contributed by atoms with Gasteiger partial charge in [0.2, 0.25) is 10.0 Å². The lowest BCUT2D eigenvalue weighted by molar-refractivity contribution is 0.574. The molecule has 1 fully saturated rings. The Hall–Kier alpha value is -0.430. The minimum atomic E-state index is -3.41. The van der Waals surface area contributed by atoms with E-state index in [0.717, 1.165) is 17.9 Å². The summed E-state index contributed by atoms with van der Waals surface area (Å²) in [5, 5.41) is 3.04. The minimum absolute atomic E-state index is 0.308. The number of rotatable bonds is 7. The van der Waals surface area contributed by atoms with Crippen LogP contribution in [0.15, 0.2) is 27.6 Å². The zero-order valence-corrected chi connectivity index (χ0v) is 13.4. The molecule has 0 aromatic heterocycles. The molecule has 4 nitrogen and oxygen atoms in total. The first kappa shape index (κ1) is 15.0. The molecule has 106 valence electrons. The van der Waals surface area contributed by atoms with E-state index in [1.54, 1.807) is 6.07 Å². The molecular weight excluding hydrogens is 328 g/mol. The summed E-state index contributed by atoms with van der Waals surface area (Å²) in [6, 6.07) is 5.32. The zero-order valence-electron chi connectivity index (χ0n) is 10.9. The molecule has 1 aliphatic carbocycles. The fraction of sp³-hybridized carbons (Fsp3) is 0.538. The molecule has 0 bridgehead atoms. The average molecular weight is 347 g/mol. The van der Waals surface area contributed by atoms with Crippen molar-refractivity contribution in [3.05, 3.63) is 28.2 Å². The van der Waals surface area contributed by atoms with Crippen LogP contribution in [-0.2, 0) is 16.6 Å². The number of hydrogen-bond donors (Lipinski definition) is 2. The third-order valence-corrected chi connectivity index (χ3v) is 5.65. The molecule has 2 N–H and O–H groups in total. The lowest BCUT2D eigenvalue weighted by atomic mass is 10.2. The van der Waals surface area contributed by atoms with Gasteiger partial charge in [0.15, 0.2) is 0 Å². The van der Waals surface area contributed by atoms with Crippen molar-refractivity contribution in [2.24, 2.45) is 5.92 Å². The zero-order chi connectivity index (χ0) is 13.9. The monoisotopic (exact) mass is 346 g/mol. The van der Waals surface area contributed by atoms with Crippen LogP contribution in [0.5, 0.6) is 0 Å². The predicted octanol–water partition coefficient (Wildman–Crippen LogP) is 2.25. The molecule has 0 unspecified atom stereocenters. The third-order valence-electron chi connectivity index (χ3n) is 3.21. The number of halogens is 1. The molecule has 0 radical (unpaired) electrons. The SMILES string of the molecule is CNCc1ccc(S(=O)(=O)NCCC2CC2)c(Br)c1. The summed E-state index contributed by atoms with van der Waals surface area (Å²) >= 11 is 3.34. The summed E-state index contributed by atoms with van der Waals surface area (Å²) in [5.41, 5.74) is 1.05. The van der Waals surface area contributed by atoms with Crippen molar-refractivity contribution in [1.82, 2.24) is 10.0 Å². The largest absolute Gasteiger partial charge is 0.316 e. The fourth-order valence-electron chi connectivity index (χ4n) is 1.96. The summed E-state index contributed by atoms with van der Waals surface area (Å²) in [5.74, 6) is 0.726. The highest BCUT2D eigenvalue weighted by molar-refractivity contribution is 9.10. The average Bonchev–Trinajstić information content (AvgIpc) is 3.13. The van der Waals surface area contributed by atoms with Crippen LogP contribution in [0, 0.1) is 5.92 Å². The van der Waals surface area contributed by atoms with Crippen molar-refractivity contribution in [3.63, 3.8) is 0 Å². The molecule has 1 aliphatic rings. The van der Waals surface area contributed by atoms with Gasteiger partial charge in [0.25, 0.3) is 0 Å². The lowest BCUT2D eigenvalue weighted by Crippen LogP contribution is -2.25. The molecular formula is C13H19BrN2O2S. The van der Waals surface area contributed by atoms with Gasteiger partial charge >= 0.3 is 0 Å². The normalized spacial score (nSPS) is 15.7. The molecule has 0 spiro atoms. The van der Waals surface area contributed by atoms with Crippen LogP contribution in [0.4, 0.5) is 0 Å². The van der Waals surface area contributed by atoms with Gasteiger partial charge in [-0.25, -0.2) is 13.1 Å². The van der Waals surface area contributed by atoms with Crippen LogP contribution < -0.4 is 10.0 Å². The van der Waals surface area contributed by atoms with Crippen LogP contribution in [0.1, 0.15) is 24.8 Å². The Morgan fingerprint density at radius 3 is 2.68 bits per heavy atom. The van der Waals surface area contributed by atoms with E-state index in [1.165, 1.54) is 12.8 Å². The molecule has 1 saturated carbocycles. The van der Waals surface area contributed by atoms with Gasteiger partial charge in [-0.3, -0.25) is 0 Å². The molecule has 6 heteroatoms. The van der Waals surface area contributed by atoms with Crippen molar-refractivity contribution in [3.8, 4) is 0 Å². The molecule has 0 saturated heterocycles. The van der Waals surface area contributed by atoms with Crippen molar-refractivity contribution < 1.29 is 8.42 Å². The maximum atomic E-state index is 12.2. The molecule has 0 atom stereocenters. The van der Waals surface area contributed by atoms with Crippen LogP contribution >= 0.6 is 15.9 Å². The van der Waals surface area contributed by atoms with Gasteiger partial charge in [0, 0.05) is 17.6 Å². The van der Waals surface area contributed by atoms with Crippen LogP contribution in [0.2, 0.25) is 0 Å². The standard InChI is InChI=1S/C13H19BrN2O2S/c1-15-9-11-4-5-13(12(14)8-11)19(17,18)16-7-6-10-2-3-10/h4-5,8,10,15-16H,2-3,6-7,9H2,1H3. The number of benzene rings is 1. The first-order valence-corrected chi connectivity index (χ1v) is 8.73. The summed E-state index contributed by atoms with van der Waals surface area (Å²) in [7, 11) is -1.55. The first-order valence-electron chi connectivity index (χ1n) is 6.45. The van der Waals surface area contributed by atoms with Gasteiger partial charge in [-0.15, -0.1) is 0 Å². The second-order valence-electron chi connectivity index (χ2n) is 4.92. The topological polar surface area (TPSA) is 58.2 Å². The number of hydrogen-bond acceptors (Lipinski definition) is 3. The Bertz CT molecular complexity index is 542. The molecule has 0 aliphatic heterocycles. The Labute approximate surface area is 123 Å². The van der Waals surface area contributed by atoms with Crippen LogP contribution in [-0.4, -0.2) is 22.0 Å². The van der Waals surface area contributed by atoms with Gasteiger partial charge in [0.1, 0.15) is 0 Å². The quantitative estimate of drug-likeness (QED) is 0.795. The van der Waals surface area contributed by atoms with E-state index in [2.05, 4.69) is 26.0 Å². The third kappa shape index (κ3) is 4.27. The van der Waals surface area contributed by atoms with Gasteiger partial charge in [-0.1, -0.05) is 18.9 Å². The van der Waals surface area contributed by atoms with Gasteiger partial charge < -0.3 is 5.32 Å². The van der Waals surface area contributed by atoms with Crippen molar-refractivity contribution in [2.75, 3.05) is 13.6 Å². The molecule has 0 amide bonds. The smallest absolute Gasteiger partial charge is 0.241 e. The molecule has 0 heterocycles. The van der Waals surface area contributed by atoms with E-state index in [9.17, 15) is 8.42 Å². The number of nitrogens with one attached hydrogen (secondary N) is 2. The van der Waals surface area contributed by atoms with E-state index in [-0.39, 0.29) is 0 Å².